The Kier molecular flexibility index (Phi) is 6.18. The summed E-state index contributed by atoms with van der Waals surface area (Å²) >= 11 is 0. The first-order valence-corrected chi connectivity index (χ1v) is 12.6. The molecule has 6 rings (SSSR count). The molecule has 4 atom stereocenters. The van der Waals surface area contributed by atoms with Gasteiger partial charge < -0.3 is 34.3 Å². The maximum Gasteiger partial charge on any atom is 0.255 e. The topological polar surface area (TPSA) is 107 Å². The van der Waals surface area contributed by atoms with E-state index in [4.69, 9.17) is 18.9 Å². The van der Waals surface area contributed by atoms with Gasteiger partial charge in [-0.25, -0.2) is 0 Å². The maximum absolute atomic E-state index is 12.9. The standard InChI is InChI=1S/C27H30N2O7/c30-14-24-26-20(12-18(35-24)13-25(31)29-8-2-1-3-9-29)19-11-17(5-7-21(19)36-26)28-27(32)16-4-6-22-23(10-16)34-15-33-22/h4-7,10-11,18,20,24,26,30H,1-3,8-9,12-15H2,(H,28,32)/t18-,20+,24+,26-/m1/s1. The van der Waals surface area contributed by atoms with E-state index in [9.17, 15) is 14.7 Å². The summed E-state index contributed by atoms with van der Waals surface area (Å²) in [7, 11) is 0. The monoisotopic (exact) mass is 494 g/mol. The van der Waals surface area contributed by atoms with Gasteiger partial charge in [0.15, 0.2) is 11.5 Å². The molecule has 0 bridgehead atoms. The molecular formula is C27H30N2O7. The summed E-state index contributed by atoms with van der Waals surface area (Å²) < 4.78 is 23.0. The van der Waals surface area contributed by atoms with Gasteiger partial charge in [-0.1, -0.05) is 0 Å². The van der Waals surface area contributed by atoms with E-state index in [1.165, 1.54) is 6.42 Å². The minimum Gasteiger partial charge on any atom is -0.487 e. The average molecular weight is 495 g/mol. The number of anilines is 1. The summed E-state index contributed by atoms with van der Waals surface area (Å²) in [5.74, 6) is 1.71. The zero-order valence-electron chi connectivity index (χ0n) is 20.0. The fourth-order valence-corrected chi connectivity index (χ4v) is 5.68. The molecule has 2 aromatic rings. The normalized spacial score (nSPS) is 26.1. The van der Waals surface area contributed by atoms with Crippen molar-refractivity contribution in [3.05, 3.63) is 47.5 Å². The van der Waals surface area contributed by atoms with Crippen molar-refractivity contribution < 1.29 is 33.6 Å². The largest absolute Gasteiger partial charge is 0.487 e. The lowest BCUT2D eigenvalue weighted by atomic mass is 9.84. The van der Waals surface area contributed by atoms with Crippen molar-refractivity contribution in [3.63, 3.8) is 0 Å². The van der Waals surface area contributed by atoms with Crippen LogP contribution in [0.2, 0.25) is 0 Å². The minimum atomic E-state index is -0.512. The lowest BCUT2D eigenvalue weighted by molar-refractivity contribution is -0.149. The number of nitrogens with one attached hydrogen (secondary N) is 1. The smallest absolute Gasteiger partial charge is 0.255 e. The quantitative estimate of drug-likeness (QED) is 0.658. The summed E-state index contributed by atoms with van der Waals surface area (Å²) in [6, 6.07) is 10.6. The van der Waals surface area contributed by atoms with E-state index in [1.54, 1.807) is 24.3 Å². The van der Waals surface area contributed by atoms with E-state index in [-0.39, 0.29) is 43.3 Å². The second kappa shape index (κ2) is 9.63. The second-order valence-corrected chi connectivity index (χ2v) is 9.82. The lowest BCUT2D eigenvalue weighted by Gasteiger charge is -2.38. The molecule has 2 aromatic carbocycles. The molecule has 0 aromatic heterocycles. The minimum absolute atomic E-state index is 0.0348. The van der Waals surface area contributed by atoms with Gasteiger partial charge >= 0.3 is 0 Å². The number of likely N-dealkylation sites (tertiary alicyclic amines) is 1. The Labute approximate surface area is 209 Å². The fraction of sp³-hybridized carbons (Fsp3) is 0.481. The molecule has 0 radical (unpaired) electrons. The number of fused-ring (bicyclic) bond motifs is 4. The summed E-state index contributed by atoms with van der Waals surface area (Å²) in [5.41, 5.74) is 2.07. The van der Waals surface area contributed by atoms with Crippen molar-refractivity contribution in [1.82, 2.24) is 4.90 Å². The van der Waals surface area contributed by atoms with Gasteiger partial charge in [0.05, 0.1) is 19.1 Å². The van der Waals surface area contributed by atoms with Crippen LogP contribution in [0.5, 0.6) is 17.2 Å². The van der Waals surface area contributed by atoms with E-state index in [0.717, 1.165) is 37.2 Å². The number of hydrogen-bond donors (Lipinski definition) is 2. The van der Waals surface area contributed by atoms with Crippen LogP contribution in [-0.4, -0.2) is 66.6 Å². The molecule has 0 spiro atoms. The Morgan fingerprint density at radius 3 is 2.64 bits per heavy atom. The number of rotatable bonds is 5. The summed E-state index contributed by atoms with van der Waals surface area (Å²) in [4.78, 5) is 27.7. The molecule has 0 saturated carbocycles. The fourth-order valence-electron chi connectivity index (χ4n) is 5.68. The zero-order chi connectivity index (χ0) is 24.6. The van der Waals surface area contributed by atoms with E-state index in [0.29, 0.717) is 35.6 Å². The van der Waals surface area contributed by atoms with E-state index >= 15 is 0 Å². The number of amides is 2. The summed E-state index contributed by atoms with van der Waals surface area (Å²) in [6.07, 6.45) is 3.05. The molecule has 190 valence electrons. The summed E-state index contributed by atoms with van der Waals surface area (Å²) in [5, 5.41) is 13.0. The zero-order valence-corrected chi connectivity index (χ0v) is 20.0. The Morgan fingerprint density at radius 2 is 1.81 bits per heavy atom. The molecule has 0 aliphatic carbocycles. The van der Waals surface area contributed by atoms with Gasteiger partial charge in [-0.05, 0) is 62.1 Å². The number of hydrogen-bond acceptors (Lipinski definition) is 7. The lowest BCUT2D eigenvalue weighted by Crippen LogP contribution is -2.48. The number of aliphatic hydroxyl groups is 1. The van der Waals surface area contributed by atoms with E-state index in [1.807, 2.05) is 17.0 Å². The van der Waals surface area contributed by atoms with Gasteiger partial charge in [0.1, 0.15) is 18.0 Å². The molecule has 4 heterocycles. The number of aliphatic hydroxyl groups excluding tert-OH is 1. The number of carbonyl (C=O) groups excluding carboxylic acids is 2. The van der Waals surface area contributed by atoms with E-state index in [2.05, 4.69) is 5.32 Å². The van der Waals surface area contributed by atoms with Gasteiger partial charge in [-0.3, -0.25) is 9.59 Å². The third-order valence-electron chi connectivity index (χ3n) is 7.50. The van der Waals surface area contributed by atoms with Crippen molar-refractivity contribution >= 4 is 17.5 Å². The molecule has 0 unspecified atom stereocenters. The molecule has 2 N–H and O–H groups in total. The number of piperidine rings is 1. The molecule has 2 amide bonds. The van der Waals surface area contributed by atoms with Crippen LogP contribution in [0.25, 0.3) is 0 Å². The molecule has 9 heteroatoms. The highest BCUT2D eigenvalue weighted by molar-refractivity contribution is 6.04. The van der Waals surface area contributed by atoms with Crippen molar-refractivity contribution in [1.29, 1.82) is 0 Å². The molecule has 4 aliphatic rings. The predicted octanol–water partition coefficient (Wildman–Crippen LogP) is 3.06. The molecular weight excluding hydrogens is 464 g/mol. The SMILES string of the molecule is O=C(Nc1ccc2c(c1)[C@@H]1C[C@H](CC(=O)N3CCCCC3)O[C@@H](CO)[C@@H]1O2)c1ccc2c(c1)OCO2. The average Bonchev–Trinajstić information content (AvgIpc) is 3.52. The first kappa shape index (κ1) is 23.1. The second-order valence-electron chi connectivity index (χ2n) is 9.82. The number of nitrogens with zero attached hydrogens (tertiary/aromatic N) is 1. The molecule has 2 saturated heterocycles. The van der Waals surface area contributed by atoms with Crippen LogP contribution < -0.4 is 19.5 Å². The van der Waals surface area contributed by atoms with Gasteiger partial charge in [-0.15, -0.1) is 0 Å². The predicted molar refractivity (Wildman–Crippen MR) is 130 cm³/mol. The van der Waals surface area contributed by atoms with Gasteiger partial charge in [0.2, 0.25) is 12.7 Å². The first-order valence-electron chi connectivity index (χ1n) is 12.6. The van der Waals surface area contributed by atoms with Crippen LogP contribution in [0.3, 0.4) is 0 Å². The highest BCUT2D eigenvalue weighted by Crippen LogP contribution is 2.47. The van der Waals surface area contributed by atoms with Crippen LogP contribution in [0.4, 0.5) is 5.69 Å². The molecule has 2 fully saturated rings. The van der Waals surface area contributed by atoms with Gasteiger partial charge in [-0.2, -0.15) is 0 Å². The maximum atomic E-state index is 12.9. The van der Waals surface area contributed by atoms with Crippen molar-refractivity contribution in [2.24, 2.45) is 0 Å². The Balaban J connectivity index is 1.17. The molecule has 9 nitrogen and oxygen atoms in total. The Bertz CT molecular complexity index is 1160. The first-order chi connectivity index (χ1) is 17.6. The molecule has 4 aliphatic heterocycles. The highest BCUT2D eigenvalue weighted by atomic mass is 16.7. The van der Waals surface area contributed by atoms with Crippen molar-refractivity contribution in [2.75, 3.05) is 31.8 Å². The van der Waals surface area contributed by atoms with Crippen molar-refractivity contribution in [3.8, 4) is 17.2 Å². The number of ether oxygens (including phenoxy) is 4. The highest BCUT2D eigenvalue weighted by Gasteiger charge is 2.46. The van der Waals surface area contributed by atoms with Crippen LogP contribution in [-0.2, 0) is 9.53 Å². The number of benzene rings is 2. The third kappa shape index (κ3) is 4.37. The van der Waals surface area contributed by atoms with Crippen LogP contribution in [0.15, 0.2) is 36.4 Å². The van der Waals surface area contributed by atoms with Crippen LogP contribution >= 0.6 is 0 Å². The number of carbonyl (C=O) groups is 2. The third-order valence-corrected chi connectivity index (χ3v) is 7.50. The van der Waals surface area contributed by atoms with Crippen LogP contribution in [0.1, 0.15) is 53.9 Å². The van der Waals surface area contributed by atoms with Crippen molar-refractivity contribution in [2.45, 2.75) is 56.3 Å². The Morgan fingerprint density at radius 1 is 1.00 bits per heavy atom. The van der Waals surface area contributed by atoms with Crippen LogP contribution in [0, 0.1) is 0 Å². The van der Waals surface area contributed by atoms with Gasteiger partial charge in [0, 0.05) is 35.8 Å². The van der Waals surface area contributed by atoms with Gasteiger partial charge in [0.25, 0.3) is 5.91 Å². The Hall–Kier alpha value is -3.30. The summed E-state index contributed by atoms with van der Waals surface area (Å²) in [6.45, 7) is 1.58. The van der Waals surface area contributed by atoms with E-state index < -0.39 is 6.10 Å². The molecule has 36 heavy (non-hydrogen) atoms.